The van der Waals surface area contributed by atoms with Gasteiger partial charge in [0.15, 0.2) is 0 Å². The Balaban J connectivity index is 2.21. The van der Waals surface area contributed by atoms with Gasteiger partial charge >= 0.3 is 0 Å². The molecule has 1 N–H and O–H groups in total. The lowest BCUT2D eigenvalue weighted by Crippen LogP contribution is -2.37. The van der Waals surface area contributed by atoms with Crippen LogP contribution in [0.1, 0.15) is 25.3 Å². The zero-order valence-electron chi connectivity index (χ0n) is 10.7. The molecular weight excluding hydrogens is 215 g/mol. The lowest BCUT2D eigenvalue weighted by atomic mass is 10.1. The van der Waals surface area contributed by atoms with Crippen LogP contribution in [-0.2, 0) is 0 Å². The number of hydrogen-bond donors (Lipinski definition) is 1. The van der Waals surface area contributed by atoms with Gasteiger partial charge in [-0.1, -0.05) is 13.0 Å². The van der Waals surface area contributed by atoms with E-state index in [1.165, 1.54) is 0 Å². The fourth-order valence-electron chi connectivity index (χ4n) is 2.36. The maximum atomic E-state index is 13.9. The summed E-state index contributed by atoms with van der Waals surface area (Å²) in [5, 5.41) is 3.50. The fraction of sp³-hybridized carbons (Fsp3) is 0.571. The number of rotatable bonds is 2. The van der Waals surface area contributed by atoms with Gasteiger partial charge in [-0.3, -0.25) is 0 Å². The molecule has 94 valence electrons. The van der Waals surface area contributed by atoms with Crippen LogP contribution in [0.25, 0.3) is 0 Å². The maximum Gasteiger partial charge on any atom is 0.146 e. The molecule has 1 aromatic carbocycles. The lowest BCUT2D eigenvalue weighted by molar-refractivity contribution is 0.525. The summed E-state index contributed by atoms with van der Waals surface area (Å²) in [5.41, 5.74) is 1.87. The predicted octanol–water partition coefficient (Wildman–Crippen LogP) is 2.71. The molecule has 0 radical (unpaired) electrons. The highest BCUT2D eigenvalue weighted by molar-refractivity contribution is 5.50. The van der Waals surface area contributed by atoms with Crippen molar-refractivity contribution in [2.75, 3.05) is 24.5 Å². The summed E-state index contributed by atoms with van der Waals surface area (Å²) in [6, 6.07) is 5.82. The Bertz CT molecular complexity index is 378. The van der Waals surface area contributed by atoms with E-state index in [1.54, 1.807) is 6.07 Å². The van der Waals surface area contributed by atoms with Crippen LogP contribution in [-0.4, -0.2) is 25.7 Å². The molecule has 1 aliphatic rings. The predicted molar refractivity (Wildman–Crippen MR) is 70.0 cm³/mol. The number of halogens is 1. The van der Waals surface area contributed by atoms with Crippen LogP contribution in [0.5, 0.6) is 0 Å². The Hall–Kier alpha value is -1.09. The van der Waals surface area contributed by atoms with Crippen LogP contribution in [0.15, 0.2) is 18.2 Å². The third-order valence-corrected chi connectivity index (χ3v) is 3.41. The van der Waals surface area contributed by atoms with E-state index >= 15 is 0 Å². The minimum Gasteiger partial charge on any atom is -0.368 e. The van der Waals surface area contributed by atoms with Crippen LogP contribution in [0.3, 0.4) is 0 Å². The minimum absolute atomic E-state index is 0.104. The van der Waals surface area contributed by atoms with E-state index in [-0.39, 0.29) is 5.82 Å². The molecule has 1 atom stereocenters. The first-order chi connectivity index (χ1) is 8.20. The van der Waals surface area contributed by atoms with E-state index in [0.717, 1.165) is 43.7 Å². The van der Waals surface area contributed by atoms with Crippen LogP contribution < -0.4 is 10.2 Å². The summed E-state index contributed by atoms with van der Waals surface area (Å²) < 4.78 is 13.9. The molecule has 2 nitrogen and oxygen atoms in total. The van der Waals surface area contributed by atoms with Gasteiger partial charge in [0.25, 0.3) is 0 Å². The molecule has 0 amide bonds. The summed E-state index contributed by atoms with van der Waals surface area (Å²) >= 11 is 0. The summed E-state index contributed by atoms with van der Waals surface area (Å²) in [6.45, 7) is 7.05. The molecule has 3 heteroatoms. The van der Waals surface area contributed by atoms with Gasteiger partial charge in [0, 0.05) is 19.1 Å². The zero-order chi connectivity index (χ0) is 12.3. The molecule has 1 unspecified atom stereocenters. The molecule has 2 rings (SSSR count). The van der Waals surface area contributed by atoms with Crippen LogP contribution in [0.4, 0.5) is 10.1 Å². The highest BCUT2D eigenvalue weighted by Gasteiger charge is 2.18. The van der Waals surface area contributed by atoms with Gasteiger partial charge in [0.2, 0.25) is 0 Å². The average molecular weight is 236 g/mol. The Labute approximate surface area is 103 Å². The van der Waals surface area contributed by atoms with Crippen LogP contribution in [0.2, 0.25) is 0 Å². The molecule has 1 heterocycles. The zero-order valence-corrected chi connectivity index (χ0v) is 10.7. The number of benzene rings is 1. The van der Waals surface area contributed by atoms with Gasteiger partial charge in [0.05, 0.1) is 5.69 Å². The number of nitrogens with zero attached hydrogens (tertiary/aromatic N) is 1. The van der Waals surface area contributed by atoms with Gasteiger partial charge in [-0.2, -0.15) is 0 Å². The topological polar surface area (TPSA) is 15.3 Å². The minimum atomic E-state index is -0.104. The summed E-state index contributed by atoms with van der Waals surface area (Å²) in [4.78, 5) is 2.18. The molecule has 0 spiro atoms. The number of aryl methyl sites for hydroxylation is 1. The fourth-order valence-corrected chi connectivity index (χ4v) is 2.36. The monoisotopic (exact) mass is 236 g/mol. The first-order valence-electron chi connectivity index (χ1n) is 6.45. The Kier molecular flexibility index (Phi) is 4.00. The molecule has 0 bridgehead atoms. The number of anilines is 1. The molecule has 1 fully saturated rings. The third-order valence-electron chi connectivity index (χ3n) is 3.41. The highest BCUT2D eigenvalue weighted by Crippen LogP contribution is 2.22. The van der Waals surface area contributed by atoms with Crippen molar-refractivity contribution >= 4 is 5.69 Å². The molecule has 0 aliphatic carbocycles. The first kappa shape index (κ1) is 12.4. The van der Waals surface area contributed by atoms with Crippen molar-refractivity contribution in [2.45, 2.75) is 32.7 Å². The standard InChI is InChI=1S/C14H21FN2/c1-3-12-10-17(8-4-7-16-12)14-9-11(2)5-6-13(14)15/h5-6,9,12,16H,3-4,7-8,10H2,1-2H3. The van der Waals surface area contributed by atoms with Crippen molar-refractivity contribution in [3.8, 4) is 0 Å². The maximum absolute atomic E-state index is 13.9. The van der Waals surface area contributed by atoms with Gasteiger partial charge in [-0.15, -0.1) is 0 Å². The molecule has 1 saturated heterocycles. The van der Waals surface area contributed by atoms with Gasteiger partial charge in [-0.05, 0) is 44.0 Å². The quantitative estimate of drug-likeness (QED) is 0.849. The molecule has 1 aliphatic heterocycles. The second-order valence-electron chi connectivity index (χ2n) is 4.81. The molecule has 0 saturated carbocycles. The van der Waals surface area contributed by atoms with Gasteiger partial charge < -0.3 is 10.2 Å². The van der Waals surface area contributed by atoms with Crippen LogP contribution in [0, 0.1) is 12.7 Å². The Morgan fingerprint density at radius 3 is 3.06 bits per heavy atom. The van der Waals surface area contributed by atoms with Crippen molar-refractivity contribution in [1.82, 2.24) is 5.32 Å². The van der Waals surface area contributed by atoms with E-state index in [4.69, 9.17) is 0 Å². The molecule has 17 heavy (non-hydrogen) atoms. The van der Waals surface area contributed by atoms with E-state index in [2.05, 4.69) is 17.1 Å². The second-order valence-corrected chi connectivity index (χ2v) is 4.81. The van der Waals surface area contributed by atoms with E-state index in [9.17, 15) is 4.39 Å². The van der Waals surface area contributed by atoms with Crippen molar-refractivity contribution in [2.24, 2.45) is 0 Å². The van der Waals surface area contributed by atoms with Crippen molar-refractivity contribution < 1.29 is 4.39 Å². The largest absolute Gasteiger partial charge is 0.368 e. The van der Waals surface area contributed by atoms with Crippen LogP contribution >= 0.6 is 0 Å². The Morgan fingerprint density at radius 2 is 2.29 bits per heavy atom. The van der Waals surface area contributed by atoms with E-state index in [0.29, 0.717) is 6.04 Å². The number of hydrogen-bond acceptors (Lipinski definition) is 2. The third kappa shape index (κ3) is 2.97. The number of nitrogens with one attached hydrogen (secondary N) is 1. The molecular formula is C14H21FN2. The second kappa shape index (κ2) is 5.50. The van der Waals surface area contributed by atoms with Crippen molar-refractivity contribution in [1.29, 1.82) is 0 Å². The summed E-state index contributed by atoms with van der Waals surface area (Å²) in [6.07, 6.45) is 2.16. The first-order valence-corrected chi connectivity index (χ1v) is 6.45. The summed E-state index contributed by atoms with van der Waals surface area (Å²) in [5.74, 6) is -0.104. The Morgan fingerprint density at radius 1 is 1.47 bits per heavy atom. The molecule has 1 aromatic rings. The molecule has 0 aromatic heterocycles. The normalized spacial score (nSPS) is 21.4. The highest BCUT2D eigenvalue weighted by atomic mass is 19.1. The summed E-state index contributed by atoms with van der Waals surface area (Å²) in [7, 11) is 0. The van der Waals surface area contributed by atoms with Crippen molar-refractivity contribution in [3.63, 3.8) is 0 Å². The SMILES string of the molecule is CCC1CN(c2cc(C)ccc2F)CCCN1. The van der Waals surface area contributed by atoms with Gasteiger partial charge in [-0.25, -0.2) is 4.39 Å². The van der Waals surface area contributed by atoms with Gasteiger partial charge in [0.1, 0.15) is 5.82 Å². The smallest absolute Gasteiger partial charge is 0.146 e. The van der Waals surface area contributed by atoms with E-state index < -0.39 is 0 Å². The van der Waals surface area contributed by atoms with Crippen molar-refractivity contribution in [3.05, 3.63) is 29.6 Å². The van der Waals surface area contributed by atoms with E-state index in [1.807, 2.05) is 19.1 Å². The lowest BCUT2D eigenvalue weighted by Gasteiger charge is -2.26. The average Bonchev–Trinajstić information content (AvgIpc) is 2.57.